The van der Waals surface area contributed by atoms with Crippen molar-refractivity contribution in [2.24, 2.45) is 5.92 Å². The zero-order valence-electron chi connectivity index (χ0n) is 18.4. The maximum Gasteiger partial charge on any atom is 0.242 e. The maximum atomic E-state index is 12.9. The number of ether oxygens (including phenoxy) is 1. The molecule has 164 valence electrons. The van der Waals surface area contributed by atoms with Crippen LogP contribution in [0.25, 0.3) is 0 Å². The van der Waals surface area contributed by atoms with Crippen LogP contribution in [0, 0.1) is 17.8 Å². The van der Waals surface area contributed by atoms with Crippen LogP contribution in [0.4, 0.5) is 0 Å². The lowest BCUT2D eigenvalue weighted by molar-refractivity contribution is -0.167. The molecule has 0 aromatic heterocycles. The average molecular weight is 429 g/mol. The van der Waals surface area contributed by atoms with Crippen LogP contribution in [-0.2, 0) is 14.3 Å². The van der Waals surface area contributed by atoms with Crippen LogP contribution in [-0.4, -0.2) is 60.5 Å². The molecule has 5 nitrogen and oxygen atoms in total. The summed E-state index contributed by atoms with van der Waals surface area (Å²) in [7, 11) is 1.67. The summed E-state index contributed by atoms with van der Waals surface area (Å²) >= 11 is 0. The van der Waals surface area contributed by atoms with Gasteiger partial charge in [-0.25, -0.2) is 0 Å². The number of fused-ring (bicyclic) bond motifs is 1. The molecule has 3 atom stereocenters. The molecule has 0 N–H and O–H groups in total. The minimum absolute atomic E-state index is 0.0134. The Labute approximate surface area is 189 Å². The molecule has 5 rings (SSSR count). The van der Waals surface area contributed by atoms with E-state index in [1.165, 1.54) is 5.56 Å². The molecule has 2 heterocycles. The lowest BCUT2D eigenvalue weighted by Crippen LogP contribution is -2.73. The Morgan fingerprint density at radius 1 is 1.03 bits per heavy atom. The van der Waals surface area contributed by atoms with E-state index in [4.69, 9.17) is 4.74 Å². The largest absolute Gasteiger partial charge is 0.383 e. The predicted molar refractivity (Wildman–Crippen MR) is 122 cm³/mol. The summed E-state index contributed by atoms with van der Waals surface area (Å²) in [4.78, 5) is 29.3. The number of carbonyl (C=O) groups is 2. The Hall–Kier alpha value is -3.10. The Morgan fingerprint density at radius 3 is 2.38 bits per heavy atom. The van der Waals surface area contributed by atoms with E-state index in [0.717, 1.165) is 24.0 Å². The fourth-order valence-electron chi connectivity index (χ4n) is 5.00. The van der Waals surface area contributed by atoms with Crippen LogP contribution in [0.2, 0.25) is 0 Å². The van der Waals surface area contributed by atoms with Crippen molar-refractivity contribution in [3.8, 4) is 11.8 Å². The lowest BCUT2D eigenvalue weighted by Gasteiger charge is -2.59. The van der Waals surface area contributed by atoms with Gasteiger partial charge < -0.3 is 14.5 Å². The van der Waals surface area contributed by atoms with Crippen molar-refractivity contribution >= 4 is 11.8 Å². The summed E-state index contributed by atoms with van der Waals surface area (Å²) in [6.07, 6.45) is 2.86. The summed E-state index contributed by atoms with van der Waals surface area (Å²) in [5.74, 6) is 7.25. The van der Waals surface area contributed by atoms with E-state index in [1.807, 2.05) is 47.4 Å². The summed E-state index contributed by atoms with van der Waals surface area (Å²) in [6.45, 7) is 1.30. The standard InChI is InChI=1S/C27H28N2O3/c1-32-18-24-27(22-13-11-20(12-14-22)8-7-19-5-3-2-4-6-19)23-16-28(17-26(31)29(23)24)25(30)15-21-9-10-21/h2-6,11-14,21,23-24,27H,9-10,15-18H2,1H3/t23-,24+,27+/m1/s1. The average Bonchev–Trinajstić information content (AvgIpc) is 3.61. The molecule has 5 heteroatoms. The highest BCUT2D eigenvalue weighted by molar-refractivity contribution is 5.88. The second-order valence-electron chi connectivity index (χ2n) is 9.08. The molecule has 2 aliphatic heterocycles. The SMILES string of the molecule is COC[C@H]1[C@@H](c2ccc(C#Cc3ccccc3)cc2)[C@H]2CN(C(=O)CC3CC3)CC(=O)N21. The van der Waals surface area contributed by atoms with Crippen LogP contribution in [0.5, 0.6) is 0 Å². The molecule has 1 aliphatic carbocycles. The first-order chi connectivity index (χ1) is 15.6. The van der Waals surface area contributed by atoms with E-state index in [1.54, 1.807) is 12.0 Å². The van der Waals surface area contributed by atoms with Gasteiger partial charge in [-0.3, -0.25) is 9.59 Å². The molecular formula is C27H28N2O3. The Bertz CT molecular complexity index is 1050. The number of methoxy groups -OCH3 is 1. The number of piperazine rings is 1. The van der Waals surface area contributed by atoms with Crippen LogP contribution < -0.4 is 0 Å². The van der Waals surface area contributed by atoms with Gasteiger partial charge in [0.15, 0.2) is 0 Å². The molecular weight excluding hydrogens is 400 g/mol. The first-order valence-corrected chi connectivity index (χ1v) is 11.4. The van der Waals surface area contributed by atoms with Gasteiger partial charge in [0.25, 0.3) is 0 Å². The molecule has 2 aromatic rings. The molecule has 0 unspecified atom stereocenters. The zero-order valence-corrected chi connectivity index (χ0v) is 18.4. The first kappa shape index (κ1) is 20.8. The monoisotopic (exact) mass is 428 g/mol. The van der Waals surface area contributed by atoms with E-state index < -0.39 is 0 Å². The summed E-state index contributed by atoms with van der Waals surface area (Å²) in [5, 5.41) is 0. The van der Waals surface area contributed by atoms with Crippen molar-refractivity contribution in [2.75, 3.05) is 26.8 Å². The van der Waals surface area contributed by atoms with Crippen LogP contribution >= 0.6 is 0 Å². The fraction of sp³-hybridized carbons (Fsp3) is 0.407. The highest BCUT2D eigenvalue weighted by Crippen LogP contribution is 2.43. The molecule has 2 amide bonds. The van der Waals surface area contributed by atoms with Gasteiger partial charge in [-0.2, -0.15) is 0 Å². The van der Waals surface area contributed by atoms with E-state index in [2.05, 4.69) is 24.0 Å². The van der Waals surface area contributed by atoms with Crippen LogP contribution in [0.15, 0.2) is 54.6 Å². The van der Waals surface area contributed by atoms with Crippen molar-refractivity contribution in [3.63, 3.8) is 0 Å². The number of hydrogen-bond donors (Lipinski definition) is 0. The molecule has 3 aliphatic rings. The van der Waals surface area contributed by atoms with Crippen molar-refractivity contribution < 1.29 is 14.3 Å². The van der Waals surface area contributed by atoms with Crippen LogP contribution in [0.1, 0.15) is 41.9 Å². The molecule has 0 spiro atoms. The zero-order chi connectivity index (χ0) is 22.1. The van der Waals surface area contributed by atoms with E-state index in [9.17, 15) is 9.59 Å². The highest BCUT2D eigenvalue weighted by atomic mass is 16.5. The predicted octanol–water partition coefficient (Wildman–Crippen LogP) is 3.04. The molecule has 1 saturated carbocycles. The normalized spacial score (nSPS) is 24.3. The van der Waals surface area contributed by atoms with Gasteiger partial charge >= 0.3 is 0 Å². The fourth-order valence-corrected chi connectivity index (χ4v) is 5.00. The Balaban J connectivity index is 1.33. The van der Waals surface area contributed by atoms with E-state index in [-0.39, 0.29) is 36.4 Å². The van der Waals surface area contributed by atoms with Crippen molar-refractivity contribution in [1.82, 2.24) is 9.80 Å². The summed E-state index contributed by atoms with van der Waals surface area (Å²) in [6, 6.07) is 18.3. The quantitative estimate of drug-likeness (QED) is 0.688. The van der Waals surface area contributed by atoms with Gasteiger partial charge in [0.2, 0.25) is 11.8 Å². The minimum Gasteiger partial charge on any atom is -0.383 e. The topological polar surface area (TPSA) is 49.9 Å². The van der Waals surface area contributed by atoms with Gasteiger partial charge in [-0.1, -0.05) is 42.2 Å². The van der Waals surface area contributed by atoms with Crippen molar-refractivity contribution in [3.05, 3.63) is 71.3 Å². The summed E-state index contributed by atoms with van der Waals surface area (Å²) in [5.41, 5.74) is 3.11. The third kappa shape index (κ3) is 4.16. The molecule has 32 heavy (non-hydrogen) atoms. The van der Waals surface area contributed by atoms with Gasteiger partial charge in [0.05, 0.1) is 25.2 Å². The number of amides is 2. The molecule has 2 aromatic carbocycles. The highest BCUT2D eigenvalue weighted by Gasteiger charge is 2.54. The van der Waals surface area contributed by atoms with Gasteiger partial charge in [0, 0.05) is 37.1 Å². The van der Waals surface area contributed by atoms with Crippen molar-refractivity contribution in [1.29, 1.82) is 0 Å². The van der Waals surface area contributed by atoms with E-state index in [0.29, 0.717) is 25.5 Å². The Morgan fingerprint density at radius 2 is 1.72 bits per heavy atom. The third-order valence-corrected chi connectivity index (χ3v) is 6.84. The first-order valence-electron chi connectivity index (χ1n) is 11.4. The summed E-state index contributed by atoms with van der Waals surface area (Å²) < 4.78 is 5.44. The minimum atomic E-state index is 0.0134. The Kier molecular flexibility index (Phi) is 5.71. The van der Waals surface area contributed by atoms with Gasteiger partial charge in [0.1, 0.15) is 0 Å². The number of benzene rings is 2. The number of nitrogens with zero attached hydrogens (tertiary/aromatic N) is 2. The molecule has 0 radical (unpaired) electrons. The maximum absolute atomic E-state index is 12.9. The van der Waals surface area contributed by atoms with Crippen LogP contribution in [0.3, 0.4) is 0 Å². The number of rotatable bonds is 5. The second kappa shape index (κ2) is 8.80. The van der Waals surface area contributed by atoms with E-state index >= 15 is 0 Å². The number of carbonyl (C=O) groups excluding carboxylic acids is 2. The van der Waals surface area contributed by atoms with Crippen molar-refractivity contribution in [2.45, 2.75) is 37.3 Å². The second-order valence-corrected chi connectivity index (χ2v) is 9.08. The van der Waals surface area contributed by atoms with Gasteiger partial charge in [-0.15, -0.1) is 0 Å². The molecule has 2 saturated heterocycles. The lowest BCUT2D eigenvalue weighted by atomic mass is 9.73. The molecule has 3 fully saturated rings. The third-order valence-electron chi connectivity index (χ3n) is 6.84. The molecule has 0 bridgehead atoms. The number of hydrogen-bond acceptors (Lipinski definition) is 3. The smallest absolute Gasteiger partial charge is 0.242 e. The van der Waals surface area contributed by atoms with Gasteiger partial charge in [-0.05, 0) is 48.6 Å².